The Labute approximate surface area is 211 Å². The molecule has 1 fully saturated rings. The summed E-state index contributed by atoms with van der Waals surface area (Å²) in [5, 5.41) is 0. The van der Waals surface area contributed by atoms with Crippen molar-refractivity contribution in [2.24, 2.45) is 0 Å². The molecule has 1 heterocycles. The molecule has 0 spiro atoms. The molecule has 0 bridgehead atoms. The molecule has 1 aliphatic heterocycles. The molecule has 0 aromatic heterocycles. The van der Waals surface area contributed by atoms with Crippen molar-refractivity contribution in [1.29, 1.82) is 0 Å². The summed E-state index contributed by atoms with van der Waals surface area (Å²) in [5.41, 5.74) is 5.47. The number of benzene rings is 2. The third kappa shape index (κ3) is 6.93. The molecular formula is C24H38N4O2Sb2. The monoisotopic (exact) mass is 656 g/mol. The van der Waals surface area contributed by atoms with Gasteiger partial charge in [-0.25, -0.2) is 0 Å². The molecule has 2 aromatic carbocycles. The second kappa shape index (κ2) is 12.0. The van der Waals surface area contributed by atoms with Crippen molar-refractivity contribution in [2.75, 3.05) is 56.4 Å². The Morgan fingerprint density at radius 1 is 0.500 bits per heavy atom. The first-order chi connectivity index (χ1) is 15.2. The van der Waals surface area contributed by atoms with Gasteiger partial charge in [0.05, 0.1) is 0 Å². The van der Waals surface area contributed by atoms with Crippen LogP contribution in [0.1, 0.15) is 22.3 Å². The van der Waals surface area contributed by atoms with Crippen LogP contribution in [0.4, 0.5) is 0 Å². The van der Waals surface area contributed by atoms with Gasteiger partial charge in [-0.2, -0.15) is 0 Å². The summed E-state index contributed by atoms with van der Waals surface area (Å²) in [6.07, 6.45) is 0. The Kier molecular flexibility index (Phi) is 9.91. The van der Waals surface area contributed by atoms with Gasteiger partial charge in [-0.15, -0.1) is 0 Å². The van der Waals surface area contributed by atoms with Gasteiger partial charge in [0.1, 0.15) is 0 Å². The van der Waals surface area contributed by atoms with Gasteiger partial charge in [-0.3, -0.25) is 0 Å². The molecule has 0 saturated carbocycles. The van der Waals surface area contributed by atoms with E-state index in [0.29, 0.717) is 0 Å². The van der Waals surface area contributed by atoms with Crippen LogP contribution in [0.25, 0.3) is 0 Å². The molecule has 0 aliphatic carbocycles. The summed E-state index contributed by atoms with van der Waals surface area (Å²) in [6.45, 7) is 3.68. The third-order valence-corrected chi connectivity index (χ3v) is 23.4. The van der Waals surface area contributed by atoms with Gasteiger partial charge in [0, 0.05) is 0 Å². The Balaban J connectivity index is 1.92. The summed E-state index contributed by atoms with van der Waals surface area (Å²) in [7, 11) is 17.0. The number of hydrogen-bond acceptors (Lipinski definition) is 6. The summed E-state index contributed by atoms with van der Waals surface area (Å²) in [4.78, 5) is 8.94. The molecule has 176 valence electrons. The molecular weight excluding hydrogens is 620 g/mol. The molecule has 0 amide bonds. The van der Waals surface area contributed by atoms with Crippen molar-refractivity contribution in [3.05, 3.63) is 58.7 Å². The van der Waals surface area contributed by atoms with Crippen molar-refractivity contribution in [3.63, 3.8) is 0 Å². The number of nitrogens with zero attached hydrogens (tertiary/aromatic N) is 4. The van der Waals surface area contributed by atoms with Crippen LogP contribution in [0, 0.1) is 0 Å². The topological polar surface area (TPSA) is 31.4 Å². The van der Waals surface area contributed by atoms with Gasteiger partial charge in [-0.05, 0) is 0 Å². The predicted octanol–water partition coefficient (Wildman–Crippen LogP) is 1.07. The fraction of sp³-hybridized carbons (Fsp3) is 0.500. The van der Waals surface area contributed by atoms with Crippen LogP contribution >= 0.6 is 0 Å². The maximum absolute atomic E-state index is 6.87. The molecule has 3 rings (SSSR count). The van der Waals surface area contributed by atoms with Crippen LogP contribution in [0.2, 0.25) is 0 Å². The molecule has 0 unspecified atom stereocenters. The minimum absolute atomic E-state index is 0.921. The van der Waals surface area contributed by atoms with Crippen molar-refractivity contribution in [2.45, 2.75) is 26.2 Å². The summed E-state index contributed by atoms with van der Waals surface area (Å²) >= 11 is -4.84. The van der Waals surface area contributed by atoms with E-state index in [1.165, 1.54) is 29.3 Å². The normalized spacial score (nSPS) is 15.4. The van der Waals surface area contributed by atoms with Crippen molar-refractivity contribution < 1.29 is 2.59 Å². The first-order valence-corrected chi connectivity index (χ1v) is 17.6. The summed E-state index contributed by atoms with van der Waals surface area (Å²) in [6, 6.07) is 13.4. The maximum atomic E-state index is 6.87. The Hall–Kier alpha value is -0.164. The Bertz CT molecular complexity index is 772. The number of hydrogen-bond donors (Lipinski definition) is 0. The van der Waals surface area contributed by atoms with Crippen LogP contribution in [-0.2, 0) is 28.8 Å². The fourth-order valence-corrected chi connectivity index (χ4v) is 21.7. The molecule has 1 saturated heterocycles. The van der Waals surface area contributed by atoms with E-state index in [4.69, 9.17) is 2.59 Å². The van der Waals surface area contributed by atoms with E-state index in [9.17, 15) is 0 Å². The van der Waals surface area contributed by atoms with E-state index in [2.05, 4.69) is 112 Å². The Morgan fingerprint density at radius 2 is 0.750 bits per heavy atom. The standard InChI is InChI=1S/2C12H19N2.2O.2Sb/c2*1-13(2)9-11-6-5-7-12(8-11)10-14(3)4;;;;/h2*5-7H,9-10H2,1-4H3;;;;. The summed E-state index contributed by atoms with van der Waals surface area (Å²) < 4.78 is 16.5. The zero-order valence-corrected chi connectivity index (χ0v) is 25.9. The molecule has 8 heteroatoms. The van der Waals surface area contributed by atoms with E-state index in [1.807, 2.05) is 0 Å². The zero-order chi connectivity index (χ0) is 23.4. The van der Waals surface area contributed by atoms with Gasteiger partial charge >= 0.3 is 213 Å². The quantitative estimate of drug-likeness (QED) is 0.356. The van der Waals surface area contributed by atoms with E-state index < -0.39 is 42.1 Å². The molecule has 0 atom stereocenters. The molecule has 32 heavy (non-hydrogen) atoms. The molecule has 2 aromatic rings. The average Bonchev–Trinajstić information content (AvgIpc) is 2.62. The SMILES string of the molecule is CN(C)Cc1cccc(CN(C)C)[c]1[Sb]1[O][Sb]([c]2c(CN(C)C)cccc2CN(C)C)[O]1. The second-order valence-corrected chi connectivity index (χ2v) is 22.2. The minimum atomic E-state index is -2.42. The predicted molar refractivity (Wildman–Crippen MR) is 135 cm³/mol. The van der Waals surface area contributed by atoms with Crippen LogP contribution in [0.3, 0.4) is 0 Å². The van der Waals surface area contributed by atoms with Gasteiger partial charge in [0.2, 0.25) is 0 Å². The van der Waals surface area contributed by atoms with Gasteiger partial charge in [0.15, 0.2) is 0 Å². The second-order valence-electron chi connectivity index (χ2n) is 9.48. The van der Waals surface area contributed by atoms with Crippen molar-refractivity contribution in [1.82, 2.24) is 19.6 Å². The van der Waals surface area contributed by atoms with E-state index >= 15 is 0 Å². The Morgan fingerprint density at radius 3 is 0.969 bits per heavy atom. The first kappa shape index (κ1) is 26.4. The van der Waals surface area contributed by atoms with Crippen LogP contribution < -0.4 is 7.02 Å². The average molecular weight is 658 g/mol. The van der Waals surface area contributed by atoms with E-state index in [0.717, 1.165) is 26.2 Å². The fourth-order valence-electron chi connectivity index (χ4n) is 3.94. The first-order valence-electron chi connectivity index (χ1n) is 10.9. The molecule has 0 radical (unpaired) electrons. The van der Waals surface area contributed by atoms with E-state index in [-0.39, 0.29) is 0 Å². The molecule has 0 N–H and O–H groups in total. The van der Waals surface area contributed by atoms with E-state index in [1.54, 1.807) is 0 Å². The van der Waals surface area contributed by atoms with Crippen molar-refractivity contribution in [3.8, 4) is 0 Å². The van der Waals surface area contributed by atoms with Gasteiger partial charge < -0.3 is 0 Å². The van der Waals surface area contributed by atoms with Crippen LogP contribution in [-0.4, -0.2) is 118 Å². The van der Waals surface area contributed by atoms with Crippen molar-refractivity contribution >= 4 is 49.1 Å². The number of rotatable bonds is 10. The van der Waals surface area contributed by atoms with Crippen LogP contribution in [0.5, 0.6) is 0 Å². The summed E-state index contributed by atoms with van der Waals surface area (Å²) in [5.74, 6) is 0. The zero-order valence-electron chi connectivity index (χ0n) is 20.8. The molecule has 6 nitrogen and oxygen atoms in total. The van der Waals surface area contributed by atoms with Gasteiger partial charge in [-0.1, -0.05) is 0 Å². The van der Waals surface area contributed by atoms with Crippen LogP contribution in [0.15, 0.2) is 36.4 Å². The molecule has 1 aliphatic rings. The third-order valence-electron chi connectivity index (χ3n) is 5.01. The van der Waals surface area contributed by atoms with Gasteiger partial charge in [0.25, 0.3) is 0 Å².